The number of carbonyl (C=O) groups is 1. The Hall–Kier alpha value is -3.02. The third-order valence-corrected chi connectivity index (χ3v) is 3.97. The van der Waals surface area contributed by atoms with Gasteiger partial charge < -0.3 is 15.1 Å². The molecule has 0 aliphatic carbocycles. The Morgan fingerprint density at radius 2 is 1.83 bits per heavy atom. The Kier molecular flexibility index (Phi) is 4.12. The van der Waals surface area contributed by atoms with Gasteiger partial charge in [0, 0.05) is 11.4 Å². The van der Waals surface area contributed by atoms with Gasteiger partial charge in [0.05, 0.1) is 5.52 Å². The monoisotopic (exact) mass is 325 g/mol. The fourth-order valence-corrected chi connectivity index (χ4v) is 2.43. The van der Waals surface area contributed by atoms with E-state index in [1.54, 1.807) is 25.1 Å². The van der Waals surface area contributed by atoms with Crippen LogP contribution in [0.15, 0.2) is 45.6 Å². The van der Waals surface area contributed by atoms with Crippen LogP contribution in [0.2, 0.25) is 0 Å². The zero-order chi connectivity index (χ0) is 17.3. The minimum Gasteiger partial charge on any atom is -0.408 e. The number of aromatic amines is 1. The fourth-order valence-electron chi connectivity index (χ4n) is 2.43. The number of aromatic nitrogens is 1. The van der Waals surface area contributed by atoms with E-state index in [2.05, 4.69) is 15.6 Å². The van der Waals surface area contributed by atoms with Crippen molar-refractivity contribution in [1.29, 1.82) is 0 Å². The number of benzene rings is 2. The first kappa shape index (κ1) is 15.9. The number of carbonyl (C=O) groups excluding carboxylic acids is 1. The molecule has 0 spiro atoms. The maximum absolute atomic E-state index is 12.3. The Balaban J connectivity index is 1.70. The van der Waals surface area contributed by atoms with E-state index >= 15 is 0 Å². The molecule has 1 aromatic heterocycles. The standard InChI is InChI=1S/C18H19N3O3/c1-10-4-5-13(8-11(10)2)20-17(22)12(3)19-14-6-7-16-15(9-14)21-18(23)24-16/h4-9,12,19H,1-3H3,(H,20,22)(H,21,23). The van der Waals surface area contributed by atoms with Crippen molar-refractivity contribution in [3.8, 4) is 0 Å². The van der Waals surface area contributed by atoms with Gasteiger partial charge in [-0.25, -0.2) is 4.79 Å². The van der Waals surface area contributed by atoms with E-state index in [9.17, 15) is 9.59 Å². The summed E-state index contributed by atoms with van der Waals surface area (Å²) in [5.41, 5.74) is 4.88. The molecule has 3 N–H and O–H groups in total. The van der Waals surface area contributed by atoms with Gasteiger partial charge in [0.25, 0.3) is 0 Å². The van der Waals surface area contributed by atoms with Gasteiger partial charge >= 0.3 is 5.76 Å². The molecule has 0 aliphatic rings. The van der Waals surface area contributed by atoms with E-state index in [1.807, 2.05) is 32.0 Å². The highest BCUT2D eigenvalue weighted by Gasteiger charge is 2.14. The molecule has 3 aromatic rings. The van der Waals surface area contributed by atoms with Crippen molar-refractivity contribution in [1.82, 2.24) is 4.98 Å². The zero-order valence-corrected chi connectivity index (χ0v) is 13.8. The van der Waals surface area contributed by atoms with Crippen LogP contribution in [0, 0.1) is 13.8 Å². The summed E-state index contributed by atoms with van der Waals surface area (Å²) in [5, 5.41) is 6.01. The predicted octanol–water partition coefficient (Wildman–Crippen LogP) is 3.18. The molecule has 0 bridgehead atoms. The molecule has 1 heterocycles. The van der Waals surface area contributed by atoms with Crippen molar-refractivity contribution >= 4 is 28.4 Å². The number of nitrogens with one attached hydrogen (secondary N) is 3. The quantitative estimate of drug-likeness (QED) is 0.687. The highest BCUT2D eigenvalue weighted by molar-refractivity contribution is 5.96. The number of amides is 1. The van der Waals surface area contributed by atoms with Crippen LogP contribution in [0.5, 0.6) is 0 Å². The third-order valence-electron chi connectivity index (χ3n) is 3.97. The molecule has 1 atom stereocenters. The average molecular weight is 325 g/mol. The maximum atomic E-state index is 12.3. The van der Waals surface area contributed by atoms with Crippen LogP contribution in [0.3, 0.4) is 0 Å². The van der Waals surface area contributed by atoms with Crippen LogP contribution in [-0.4, -0.2) is 16.9 Å². The highest BCUT2D eigenvalue weighted by Crippen LogP contribution is 2.18. The molecule has 0 aliphatic heterocycles. The summed E-state index contributed by atoms with van der Waals surface area (Å²) in [5.74, 6) is -0.637. The topological polar surface area (TPSA) is 87.1 Å². The molecular formula is C18H19N3O3. The summed E-state index contributed by atoms with van der Waals surface area (Å²) in [4.78, 5) is 26.1. The lowest BCUT2D eigenvalue weighted by atomic mass is 10.1. The molecule has 0 radical (unpaired) electrons. The summed E-state index contributed by atoms with van der Waals surface area (Å²) in [6.45, 7) is 5.81. The van der Waals surface area contributed by atoms with Crippen molar-refractivity contribution in [3.63, 3.8) is 0 Å². The summed E-state index contributed by atoms with van der Waals surface area (Å²) in [6, 6.07) is 10.6. The van der Waals surface area contributed by atoms with Gasteiger partial charge in [-0.2, -0.15) is 0 Å². The Morgan fingerprint density at radius 1 is 1.08 bits per heavy atom. The fraction of sp³-hybridized carbons (Fsp3) is 0.222. The number of hydrogen-bond acceptors (Lipinski definition) is 4. The lowest BCUT2D eigenvalue weighted by Crippen LogP contribution is -2.31. The molecule has 0 saturated carbocycles. The van der Waals surface area contributed by atoms with Crippen molar-refractivity contribution in [3.05, 3.63) is 58.1 Å². The number of oxazole rings is 1. The number of aryl methyl sites for hydroxylation is 2. The Bertz CT molecular complexity index is 956. The van der Waals surface area contributed by atoms with Gasteiger partial charge in [-0.05, 0) is 62.2 Å². The van der Waals surface area contributed by atoms with Gasteiger partial charge in [0.15, 0.2) is 5.58 Å². The average Bonchev–Trinajstić information content (AvgIpc) is 2.90. The molecule has 6 heteroatoms. The van der Waals surface area contributed by atoms with E-state index in [4.69, 9.17) is 4.42 Å². The zero-order valence-electron chi connectivity index (χ0n) is 13.8. The van der Waals surface area contributed by atoms with Gasteiger partial charge in [0.2, 0.25) is 5.91 Å². The van der Waals surface area contributed by atoms with Crippen LogP contribution in [0.25, 0.3) is 11.1 Å². The van der Waals surface area contributed by atoms with E-state index in [1.165, 1.54) is 5.56 Å². The lowest BCUT2D eigenvalue weighted by molar-refractivity contribution is -0.116. The molecule has 0 saturated heterocycles. The van der Waals surface area contributed by atoms with Gasteiger partial charge in [-0.3, -0.25) is 9.78 Å². The first-order valence-electron chi connectivity index (χ1n) is 7.70. The largest absolute Gasteiger partial charge is 0.417 e. The van der Waals surface area contributed by atoms with Crippen LogP contribution in [0.4, 0.5) is 11.4 Å². The second-order valence-corrected chi connectivity index (χ2v) is 5.88. The smallest absolute Gasteiger partial charge is 0.408 e. The molecule has 0 fully saturated rings. The number of hydrogen-bond donors (Lipinski definition) is 3. The molecule has 1 unspecified atom stereocenters. The normalized spacial score (nSPS) is 12.1. The first-order valence-corrected chi connectivity index (χ1v) is 7.70. The molecule has 1 amide bonds. The molecule has 3 rings (SSSR count). The van der Waals surface area contributed by atoms with Gasteiger partial charge in [-0.1, -0.05) is 6.07 Å². The third kappa shape index (κ3) is 3.32. The summed E-state index contributed by atoms with van der Waals surface area (Å²) in [7, 11) is 0. The number of fused-ring (bicyclic) bond motifs is 1. The summed E-state index contributed by atoms with van der Waals surface area (Å²) in [6.07, 6.45) is 0. The summed E-state index contributed by atoms with van der Waals surface area (Å²) < 4.78 is 4.96. The number of H-pyrrole nitrogens is 1. The van der Waals surface area contributed by atoms with Crippen LogP contribution >= 0.6 is 0 Å². The van der Waals surface area contributed by atoms with E-state index in [0.29, 0.717) is 11.1 Å². The van der Waals surface area contributed by atoms with Crippen LogP contribution < -0.4 is 16.4 Å². The Morgan fingerprint density at radius 3 is 2.58 bits per heavy atom. The highest BCUT2D eigenvalue weighted by atomic mass is 16.4. The maximum Gasteiger partial charge on any atom is 0.417 e. The number of rotatable bonds is 4. The van der Waals surface area contributed by atoms with E-state index in [0.717, 1.165) is 16.9 Å². The minimum atomic E-state index is -0.498. The van der Waals surface area contributed by atoms with Crippen molar-refractivity contribution < 1.29 is 9.21 Å². The molecular weight excluding hydrogens is 306 g/mol. The molecule has 2 aromatic carbocycles. The van der Waals surface area contributed by atoms with Crippen LogP contribution in [-0.2, 0) is 4.79 Å². The van der Waals surface area contributed by atoms with Crippen molar-refractivity contribution in [2.45, 2.75) is 26.8 Å². The van der Waals surface area contributed by atoms with E-state index in [-0.39, 0.29) is 5.91 Å². The lowest BCUT2D eigenvalue weighted by Gasteiger charge is -2.16. The van der Waals surface area contributed by atoms with Crippen molar-refractivity contribution in [2.75, 3.05) is 10.6 Å². The second-order valence-electron chi connectivity index (χ2n) is 5.88. The second kappa shape index (κ2) is 6.23. The molecule has 124 valence electrons. The van der Waals surface area contributed by atoms with Gasteiger partial charge in [0.1, 0.15) is 6.04 Å². The van der Waals surface area contributed by atoms with Gasteiger partial charge in [-0.15, -0.1) is 0 Å². The Labute approximate surface area is 138 Å². The van der Waals surface area contributed by atoms with E-state index < -0.39 is 11.8 Å². The van der Waals surface area contributed by atoms with Crippen molar-refractivity contribution in [2.24, 2.45) is 0 Å². The first-order chi connectivity index (χ1) is 11.4. The predicted molar refractivity (Wildman–Crippen MR) is 94.5 cm³/mol. The van der Waals surface area contributed by atoms with Crippen LogP contribution in [0.1, 0.15) is 18.1 Å². The SMILES string of the molecule is Cc1ccc(NC(=O)C(C)Nc2ccc3oc(=O)[nH]c3c2)cc1C. The number of anilines is 2. The summed E-state index contributed by atoms with van der Waals surface area (Å²) >= 11 is 0. The molecule has 24 heavy (non-hydrogen) atoms. The molecule has 6 nitrogen and oxygen atoms in total. The minimum absolute atomic E-state index is 0.140.